The van der Waals surface area contributed by atoms with Crippen LogP contribution in [0.1, 0.15) is 27.1 Å². The number of hydrogen-bond acceptors (Lipinski definition) is 2. The van der Waals surface area contributed by atoms with Gasteiger partial charge in [0.2, 0.25) is 0 Å². The zero-order valence-electron chi connectivity index (χ0n) is 9.69. The number of hydrogen-bond donors (Lipinski definition) is 2. The smallest absolute Gasteiger partial charge is 1.00 e. The minimum Gasteiger partial charge on any atom is -1.00 e. The first-order chi connectivity index (χ1) is 6.61. The summed E-state index contributed by atoms with van der Waals surface area (Å²) < 4.78 is 0. The minimum atomic E-state index is -1.21. The molecule has 5 heteroatoms. The molecule has 2 N–H and O–H groups in total. The van der Waals surface area contributed by atoms with E-state index in [9.17, 15) is 9.59 Å². The van der Waals surface area contributed by atoms with Gasteiger partial charge in [-0.1, -0.05) is 6.08 Å². The van der Waals surface area contributed by atoms with Gasteiger partial charge in [0.05, 0.1) is 5.57 Å². The summed E-state index contributed by atoms with van der Waals surface area (Å²) in [5, 5.41) is 17.3. The zero-order valence-corrected chi connectivity index (χ0v) is 10.7. The van der Waals surface area contributed by atoms with Crippen LogP contribution < -0.4 is 29.6 Å². The molecule has 0 unspecified atom stereocenters. The summed E-state index contributed by atoms with van der Waals surface area (Å²) in [6, 6.07) is 0. The van der Waals surface area contributed by atoms with Gasteiger partial charge in [0.15, 0.2) is 0 Å². The normalized spacial score (nSPS) is 16.3. The fourth-order valence-corrected chi connectivity index (χ4v) is 1.50. The summed E-state index contributed by atoms with van der Waals surface area (Å²) in [7, 11) is 0. The number of allylic oxidation sites excluding steroid dienone is 1. The van der Waals surface area contributed by atoms with Gasteiger partial charge >= 0.3 is 41.5 Å². The topological polar surface area (TPSA) is 74.6 Å². The first-order valence-corrected chi connectivity index (χ1v) is 4.48. The standard InChI is InChI=1S/C10H12O4.Na.H/c11-9(12)6-8(10(13)14)7-4-2-1-3-5-7;;/h4,6H,1-3,5H2,(H,11,12)(H,13,14);;/q;+1;-1/b8-6-;;. The van der Waals surface area contributed by atoms with E-state index < -0.39 is 11.9 Å². The molecular weight excluding hydrogens is 207 g/mol. The van der Waals surface area contributed by atoms with Crippen LogP contribution in [0.15, 0.2) is 23.3 Å². The Morgan fingerprint density at radius 1 is 1.33 bits per heavy atom. The predicted octanol–water partition coefficient (Wildman–Crippen LogP) is -1.30. The maximum atomic E-state index is 10.8. The summed E-state index contributed by atoms with van der Waals surface area (Å²) in [6.07, 6.45) is 6.04. The Labute approximate surface area is 111 Å². The van der Waals surface area contributed by atoms with Crippen LogP contribution in [-0.4, -0.2) is 22.2 Å². The molecule has 0 spiro atoms. The summed E-state index contributed by atoms with van der Waals surface area (Å²) >= 11 is 0. The summed E-state index contributed by atoms with van der Waals surface area (Å²) in [5.74, 6) is -2.38. The Bertz CT molecular complexity index is 323. The summed E-state index contributed by atoms with van der Waals surface area (Å²) in [4.78, 5) is 21.2. The fourth-order valence-electron chi connectivity index (χ4n) is 1.50. The van der Waals surface area contributed by atoms with E-state index in [1.54, 1.807) is 0 Å². The van der Waals surface area contributed by atoms with Crippen LogP contribution in [0.25, 0.3) is 0 Å². The van der Waals surface area contributed by atoms with Gasteiger partial charge in [0, 0.05) is 6.08 Å². The van der Waals surface area contributed by atoms with Crippen molar-refractivity contribution in [2.75, 3.05) is 0 Å². The van der Waals surface area contributed by atoms with E-state index in [1.165, 1.54) is 0 Å². The molecule has 0 aromatic carbocycles. The van der Waals surface area contributed by atoms with Gasteiger partial charge in [-0.15, -0.1) is 0 Å². The van der Waals surface area contributed by atoms with Crippen LogP contribution >= 0.6 is 0 Å². The molecule has 0 bridgehead atoms. The quantitative estimate of drug-likeness (QED) is 0.458. The van der Waals surface area contributed by atoms with Crippen molar-refractivity contribution in [3.05, 3.63) is 23.3 Å². The monoisotopic (exact) mass is 220 g/mol. The molecule has 0 saturated heterocycles. The van der Waals surface area contributed by atoms with Gasteiger partial charge in [0.1, 0.15) is 0 Å². The fraction of sp³-hybridized carbons (Fsp3) is 0.400. The molecule has 0 aromatic heterocycles. The molecule has 0 saturated carbocycles. The molecule has 4 nitrogen and oxygen atoms in total. The van der Waals surface area contributed by atoms with E-state index in [2.05, 4.69) is 0 Å². The van der Waals surface area contributed by atoms with Gasteiger partial charge in [-0.05, 0) is 31.3 Å². The van der Waals surface area contributed by atoms with Crippen molar-refractivity contribution >= 4 is 11.9 Å². The SMILES string of the molecule is O=C(O)/C=C(\C(=O)O)C1=CCCCC1.[H-].[Na+]. The van der Waals surface area contributed by atoms with Gasteiger partial charge in [-0.3, -0.25) is 0 Å². The molecule has 15 heavy (non-hydrogen) atoms. The summed E-state index contributed by atoms with van der Waals surface area (Å²) in [6.45, 7) is 0. The van der Waals surface area contributed by atoms with Crippen molar-refractivity contribution < 1.29 is 50.8 Å². The third-order valence-electron chi connectivity index (χ3n) is 2.14. The van der Waals surface area contributed by atoms with Crippen LogP contribution in [0.4, 0.5) is 0 Å². The maximum Gasteiger partial charge on any atom is 1.00 e. The molecule has 0 atom stereocenters. The first kappa shape index (κ1) is 14.4. The van der Waals surface area contributed by atoms with E-state index in [1.807, 2.05) is 6.08 Å². The molecule has 0 aliphatic heterocycles. The number of carbonyl (C=O) groups is 2. The Morgan fingerprint density at radius 3 is 2.40 bits per heavy atom. The van der Waals surface area contributed by atoms with Crippen LogP contribution in [0, 0.1) is 0 Å². The van der Waals surface area contributed by atoms with Gasteiger partial charge < -0.3 is 11.6 Å². The molecule has 78 valence electrons. The predicted molar refractivity (Wildman–Crippen MR) is 51.0 cm³/mol. The Kier molecular flexibility index (Phi) is 6.56. The van der Waals surface area contributed by atoms with Crippen LogP contribution in [0.3, 0.4) is 0 Å². The van der Waals surface area contributed by atoms with Gasteiger partial charge in [0.25, 0.3) is 0 Å². The van der Waals surface area contributed by atoms with Crippen LogP contribution in [0.2, 0.25) is 0 Å². The van der Waals surface area contributed by atoms with Crippen LogP contribution in [0.5, 0.6) is 0 Å². The first-order valence-electron chi connectivity index (χ1n) is 4.48. The van der Waals surface area contributed by atoms with E-state index in [0.717, 1.165) is 25.3 Å². The van der Waals surface area contributed by atoms with Gasteiger partial charge in [-0.2, -0.15) is 0 Å². The van der Waals surface area contributed by atoms with E-state index in [0.29, 0.717) is 12.0 Å². The van der Waals surface area contributed by atoms with Crippen molar-refractivity contribution in [2.45, 2.75) is 25.7 Å². The number of rotatable bonds is 3. The maximum absolute atomic E-state index is 10.8. The second kappa shape index (κ2) is 6.82. The molecule has 0 amide bonds. The van der Waals surface area contributed by atoms with E-state index >= 15 is 0 Å². The molecule has 0 fully saturated rings. The molecule has 0 heterocycles. The van der Waals surface area contributed by atoms with Crippen molar-refractivity contribution in [1.82, 2.24) is 0 Å². The zero-order chi connectivity index (χ0) is 10.6. The summed E-state index contributed by atoms with van der Waals surface area (Å²) in [5.41, 5.74) is 0.559. The largest absolute Gasteiger partial charge is 1.00 e. The number of carboxylic acid groups (broad SMARTS) is 2. The molecule has 0 aromatic rings. The minimum absolute atomic E-state index is 0. The Balaban J connectivity index is 0. The third kappa shape index (κ3) is 4.64. The van der Waals surface area contributed by atoms with Crippen LogP contribution in [-0.2, 0) is 9.59 Å². The van der Waals surface area contributed by atoms with E-state index in [4.69, 9.17) is 10.2 Å². The van der Waals surface area contributed by atoms with E-state index in [-0.39, 0.29) is 36.6 Å². The third-order valence-corrected chi connectivity index (χ3v) is 2.14. The average Bonchev–Trinajstić information content (AvgIpc) is 2.15. The average molecular weight is 220 g/mol. The van der Waals surface area contributed by atoms with Crippen molar-refractivity contribution in [3.8, 4) is 0 Å². The molecule has 1 aliphatic carbocycles. The molecular formula is C10H13NaO4. The van der Waals surface area contributed by atoms with Gasteiger partial charge in [-0.25, -0.2) is 9.59 Å². The Hall–Kier alpha value is -0.580. The molecule has 1 aliphatic rings. The van der Waals surface area contributed by atoms with Crippen molar-refractivity contribution in [1.29, 1.82) is 0 Å². The van der Waals surface area contributed by atoms with Crippen molar-refractivity contribution in [3.63, 3.8) is 0 Å². The Morgan fingerprint density at radius 2 is 2.00 bits per heavy atom. The number of aliphatic carboxylic acids is 2. The number of carboxylic acids is 2. The second-order valence-corrected chi connectivity index (χ2v) is 3.18. The second-order valence-electron chi connectivity index (χ2n) is 3.18. The van der Waals surface area contributed by atoms with Crippen molar-refractivity contribution in [2.24, 2.45) is 0 Å². The molecule has 0 radical (unpaired) electrons. The molecule has 1 rings (SSSR count).